The minimum absolute atomic E-state index is 0.114. The van der Waals surface area contributed by atoms with Gasteiger partial charge >= 0.3 is 0 Å². The summed E-state index contributed by atoms with van der Waals surface area (Å²) in [6, 6.07) is 3.32. The summed E-state index contributed by atoms with van der Waals surface area (Å²) in [4.78, 5) is 15.4. The molecule has 3 N–H and O–H groups in total. The summed E-state index contributed by atoms with van der Waals surface area (Å²) in [5.74, 6) is 0.574. The number of carbonyl (C=O) groups is 1. The molecule has 0 bridgehead atoms. The zero-order valence-electron chi connectivity index (χ0n) is 7.86. The van der Waals surface area contributed by atoms with E-state index in [1.807, 2.05) is 0 Å². The van der Waals surface area contributed by atoms with Crippen LogP contribution in [-0.2, 0) is 0 Å². The molecule has 1 aromatic heterocycles. The Labute approximate surface area is 82.5 Å². The largest absolute Gasteiger partial charge is 0.397 e. The van der Waals surface area contributed by atoms with Gasteiger partial charge in [0.1, 0.15) is 5.69 Å². The smallest absolute Gasteiger partial charge is 0.269 e. The highest BCUT2D eigenvalue weighted by Crippen LogP contribution is 2.27. The lowest BCUT2D eigenvalue weighted by molar-refractivity contribution is 0.0947. The number of nitrogens with zero attached hydrogens (tertiary/aromatic N) is 1. The third-order valence-corrected chi connectivity index (χ3v) is 2.27. The minimum atomic E-state index is -0.114. The fourth-order valence-corrected chi connectivity index (χ4v) is 1.19. The Morgan fingerprint density at radius 3 is 2.93 bits per heavy atom. The molecule has 0 spiro atoms. The van der Waals surface area contributed by atoms with Crippen molar-refractivity contribution in [3.8, 4) is 0 Å². The lowest BCUT2D eigenvalue weighted by Gasteiger charge is -2.02. The number of amides is 1. The van der Waals surface area contributed by atoms with Crippen LogP contribution < -0.4 is 11.1 Å². The van der Waals surface area contributed by atoms with Crippen LogP contribution >= 0.6 is 0 Å². The van der Waals surface area contributed by atoms with Crippen LogP contribution in [0.4, 0.5) is 5.69 Å². The Morgan fingerprint density at radius 1 is 1.57 bits per heavy atom. The molecule has 1 fully saturated rings. The summed E-state index contributed by atoms with van der Waals surface area (Å²) in [6.45, 7) is 0.769. The molecule has 4 nitrogen and oxygen atoms in total. The number of nitrogen functional groups attached to an aromatic ring is 1. The molecule has 0 aromatic carbocycles. The number of rotatable bonds is 3. The van der Waals surface area contributed by atoms with Gasteiger partial charge in [0, 0.05) is 6.54 Å². The Kier molecular flexibility index (Phi) is 2.35. The zero-order chi connectivity index (χ0) is 9.97. The van der Waals surface area contributed by atoms with E-state index < -0.39 is 0 Å². The quantitative estimate of drug-likeness (QED) is 0.742. The van der Waals surface area contributed by atoms with Gasteiger partial charge in [-0.15, -0.1) is 0 Å². The van der Waals surface area contributed by atoms with Gasteiger partial charge in [0.2, 0.25) is 0 Å². The Hall–Kier alpha value is -1.58. The lowest BCUT2D eigenvalue weighted by atomic mass is 10.3. The number of carbonyl (C=O) groups excluding carboxylic acids is 1. The molecule has 0 unspecified atom stereocenters. The van der Waals surface area contributed by atoms with Crippen LogP contribution in [0, 0.1) is 5.92 Å². The maximum Gasteiger partial charge on any atom is 0.269 e. The normalized spacial score (nSPS) is 15.1. The SMILES string of the molecule is Nc1ccc(C(=O)NCC2CC2)nc1. The van der Waals surface area contributed by atoms with Gasteiger partial charge in [-0.1, -0.05) is 0 Å². The van der Waals surface area contributed by atoms with E-state index in [0.717, 1.165) is 6.54 Å². The van der Waals surface area contributed by atoms with Gasteiger partial charge in [-0.25, -0.2) is 4.98 Å². The molecular weight excluding hydrogens is 178 g/mol. The van der Waals surface area contributed by atoms with Gasteiger partial charge < -0.3 is 11.1 Å². The van der Waals surface area contributed by atoms with Crippen LogP contribution in [0.15, 0.2) is 18.3 Å². The van der Waals surface area contributed by atoms with Crippen molar-refractivity contribution in [2.75, 3.05) is 12.3 Å². The molecule has 14 heavy (non-hydrogen) atoms. The predicted molar refractivity (Wildman–Crippen MR) is 53.7 cm³/mol. The second-order valence-electron chi connectivity index (χ2n) is 3.63. The first-order valence-corrected chi connectivity index (χ1v) is 4.75. The van der Waals surface area contributed by atoms with E-state index >= 15 is 0 Å². The molecular formula is C10H13N3O. The van der Waals surface area contributed by atoms with Crippen molar-refractivity contribution in [2.24, 2.45) is 5.92 Å². The van der Waals surface area contributed by atoms with Gasteiger partial charge in [0.25, 0.3) is 5.91 Å². The summed E-state index contributed by atoms with van der Waals surface area (Å²) < 4.78 is 0. The number of anilines is 1. The molecule has 4 heteroatoms. The van der Waals surface area contributed by atoms with E-state index in [1.165, 1.54) is 19.0 Å². The Morgan fingerprint density at radius 2 is 2.36 bits per heavy atom. The van der Waals surface area contributed by atoms with E-state index in [1.54, 1.807) is 12.1 Å². The standard InChI is InChI=1S/C10H13N3O/c11-8-3-4-9(12-6-8)10(14)13-5-7-1-2-7/h3-4,6-7H,1-2,5,11H2,(H,13,14). The Bertz CT molecular complexity index is 330. The van der Waals surface area contributed by atoms with Crippen molar-refractivity contribution in [3.63, 3.8) is 0 Å². The third kappa shape index (κ3) is 2.22. The molecule has 0 aliphatic heterocycles. The van der Waals surface area contributed by atoms with Crippen molar-refractivity contribution in [1.82, 2.24) is 10.3 Å². The highest BCUT2D eigenvalue weighted by Gasteiger charge is 2.21. The maximum absolute atomic E-state index is 11.5. The first-order valence-electron chi connectivity index (χ1n) is 4.75. The minimum Gasteiger partial charge on any atom is -0.397 e. The first-order chi connectivity index (χ1) is 6.75. The van der Waals surface area contributed by atoms with E-state index in [-0.39, 0.29) is 5.91 Å². The first kappa shape index (κ1) is 8.99. The van der Waals surface area contributed by atoms with Crippen LogP contribution in [-0.4, -0.2) is 17.4 Å². The van der Waals surface area contributed by atoms with Crippen molar-refractivity contribution in [1.29, 1.82) is 0 Å². The van der Waals surface area contributed by atoms with Gasteiger partial charge in [0.15, 0.2) is 0 Å². The molecule has 1 aliphatic rings. The summed E-state index contributed by atoms with van der Waals surface area (Å²) in [5, 5.41) is 2.84. The second-order valence-corrected chi connectivity index (χ2v) is 3.63. The highest BCUT2D eigenvalue weighted by atomic mass is 16.1. The fourth-order valence-electron chi connectivity index (χ4n) is 1.19. The predicted octanol–water partition coefficient (Wildman–Crippen LogP) is 0.804. The average Bonchev–Trinajstić information content (AvgIpc) is 2.99. The maximum atomic E-state index is 11.5. The third-order valence-electron chi connectivity index (χ3n) is 2.27. The summed E-state index contributed by atoms with van der Waals surface area (Å²) >= 11 is 0. The van der Waals surface area contributed by atoms with Crippen LogP contribution in [0.3, 0.4) is 0 Å². The highest BCUT2D eigenvalue weighted by molar-refractivity contribution is 5.92. The fraction of sp³-hybridized carbons (Fsp3) is 0.400. The zero-order valence-corrected chi connectivity index (χ0v) is 7.86. The Balaban J connectivity index is 1.92. The molecule has 1 aromatic rings. The average molecular weight is 191 g/mol. The van der Waals surface area contributed by atoms with Gasteiger partial charge in [-0.2, -0.15) is 0 Å². The number of hydrogen-bond acceptors (Lipinski definition) is 3. The van der Waals surface area contributed by atoms with Crippen LogP contribution in [0.2, 0.25) is 0 Å². The van der Waals surface area contributed by atoms with Crippen LogP contribution in [0.5, 0.6) is 0 Å². The molecule has 1 saturated carbocycles. The molecule has 1 amide bonds. The summed E-state index contributed by atoms with van der Waals surface area (Å²) in [6.07, 6.45) is 3.96. The molecule has 0 saturated heterocycles. The number of hydrogen-bond donors (Lipinski definition) is 2. The molecule has 1 heterocycles. The summed E-state index contributed by atoms with van der Waals surface area (Å²) in [7, 11) is 0. The van der Waals surface area contributed by atoms with Crippen molar-refractivity contribution in [3.05, 3.63) is 24.0 Å². The van der Waals surface area contributed by atoms with Crippen molar-refractivity contribution in [2.45, 2.75) is 12.8 Å². The van der Waals surface area contributed by atoms with E-state index in [0.29, 0.717) is 17.3 Å². The van der Waals surface area contributed by atoms with Crippen LogP contribution in [0.1, 0.15) is 23.3 Å². The molecule has 0 atom stereocenters. The van der Waals surface area contributed by atoms with E-state index in [2.05, 4.69) is 10.3 Å². The van der Waals surface area contributed by atoms with Gasteiger partial charge in [0.05, 0.1) is 11.9 Å². The molecule has 74 valence electrons. The van der Waals surface area contributed by atoms with E-state index in [9.17, 15) is 4.79 Å². The summed E-state index contributed by atoms with van der Waals surface area (Å²) in [5.41, 5.74) is 6.47. The molecule has 2 rings (SSSR count). The number of nitrogens with two attached hydrogens (primary N) is 1. The van der Waals surface area contributed by atoms with Gasteiger partial charge in [-0.3, -0.25) is 4.79 Å². The molecule has 1 aliphatic carbocycles. The van der Waals surface area contributed by atoms with Gasteiger partial charge in [-0.05, 0) is 30.9 Å². The van der Waals surface area contributed by atoms with Crippen molar-refractivity contribution >= 4 is 11.6 Å². The number of aromatic nitrogens is 1. The second kappa shape index (κ2) is 3.65. The molecule has 0 radical (unpaired) electrons. The number of nitrogens with one attached hydrogen (secondary N) is 1. The number of pyridine rings is 1. The lowest BCUT2D eigenvalue weighted by Crippen LogP contribution is -2.26. The topological polar surface area (TPSA) is 68.0 Å². The monoisotopic (exact) mass is 191 g/mol. The van der Waals surface area contributed by atoms with Crippen LogP contribution in [0.25, 0.3) is 0 Å². The van der Waals surface area contributed by atoms with E-state index in [4.69, 9.17) is 5.73 Å². The van der Waals surface area contributed by atoms with Crippen molar-refractivity contribution < 1.29 is 4.79 Å².